The topological polar surface area (TPSA) is 71.7 Å². The summed E-state index contributed by atoms with van der Waals surface area (Å²) in [6.45, 7) is 8.52. The maximum absolute atomic E-state index is 5.60. The number of nitrogens with one attached hydrogen (secondary N) is 2. The SMILES string of the molecule is C=NONSN/C(=C/C=CCCCC1CC1(C)CC)CCN. The van der Waals surface area contributed by atoms with E-state index in [0.717, 1.165) is 24.5 Å². The Morgan fingerprint density at radius 2 is 2.41 bits per heavy atom. The van der Waals surface area contributed by atoms with Crippen molar-refractivity contribution in [2.45, 2.75) is 52.4 Å². The third-order valence-electron chi connectivity index (χ3n) is 4.44. The number of rotatable bonds is 13. The van der Waals surface area contributed by atoms with Crippen LogP contribution in [0.5, 0.6) is 0 Å². The Morgan fingerprint density at radius 1 is 1.59 bits per heavy atom. The molecule has 1 saturated carbocycles. The lowest BCUT2D eigenvalue weighted by molar-refractivity contribution is 0.112. The molecule has 0 aromatic heterocycles. The highest BCUT2D eigenvalue weighted by Crippen LogP contribution is 2.56. The molecular formula is C16H30N4OS. The number of hydrogen-bond donors (Lipinski definition) is 3. The molecule has 6 heteroatoms. The fourth-order valence-electron chi connectivity index (χ4n) is 2.61. The van der Waals surface area contributed by atoms with Gasteiger partial charge < -0.3 is 10.5 Å². The monoisotopic (exact) mass is 326 g/mol. The molecule has 0 aromatic rings. The zero-order chi connectivity index (χ0) is 16.3. The zero-order valence-corrected chi connectivity index (χ0v) is 14.6. The second-order valence-electron chi connectivity index (χ2n) is 6.01. The molecule has 2 atom stereocenters. The van der Waals surface area contributed by atoms with Crippen LogP contribution < -0.4 is 15.3 Å². The maximum Gasteiger partial charge on any atom is 0.0737 e. The molecule has 4 N–H and O–H groups in total. The molecule has 0 aromatic carbocycles. The second-order valence-corrected chi connectivity index (χ2v) is 6.58. The molecule has 0 amide bonds. The van der Waals surface area contributed by atoms with Crippen LogP contribution in [0.4, 0.5) is 0 Å². The number of nitrogens with two attached hydrogens (primary N) is 1. The number of nitrogens with zero attached hydrogens (tertiary/aromatic N) is 1. The van der Waals surface area contributed by atoms with Crippen LogP contribution in [0.1, 0.15) is 52.4 Å². The number of hydrogen-bond acceptors (Lipinski definition) is 6. The van der Waals surface area contributed by atoms with Crippen LogP contribution in [0.25, 0.3) is 0 Å². The third kappa shape index (κ3) is 7.33. The van der Waals surface area contributed by atoms with Crippen LogP contribution in [-0.2, 0) is 4.94 Å². The Balaban J connectivity index is 2.17. The fraction of sp³-hybridized carbons (Fsp3) is 0.688. The molecule has 0 bridgehead atoms. The molecule has 0 aliphatic heterocycles. The minimum Gasteiger partial charge on any atom is -0.330 e. The summed E-state index contributed by atoms with van der Waals surface area (Å²) in [6.07, 6.45) is 13.7. The maximum atomic E-state index is 5.60. The predicted octanol–water partition coefficient (Wildman–Crippen LogP) is 3.67. The van der Waals surface area contributed by atoms with Crippen LogP contribution >= 0.6 is 12.1 Å². The summed E-state index contributed by atoms with van der Waals surface area (Å²) in [5.41, 5.74) is 7.29. The highest BCUT2D eigenvalue weighted by molar-refractivity contribution is 7.95. The van der Waals surface area contributed by atoms with E-state index < -0.39 is 0 Å². The Hall–Kier alpha value is -0.980. The molecular weight excluding hydrogens is 296 g/mol. The standard InChI is InChI=1S/C16H30N4OS/c1-4-16(2)13-14(16)9-7-5-6-8-10-15(11-12-17)19-22-20-21-18-3/h6,8,10,14,19-20H,3-5,7,9,11-13,17H2,1-2H3/b8-6?,15-10+. The van der Waals surface area contributed by atoms with Crippen LogP contribution in [-0.4, -0.2) is 13.3 Å². The average molecular weight is 327 g/mol. The first kappa shape index (κ1) is 19.1. The average Bonchev–Trinajstić information content (AvgIpc) is 3.18. The van der Waals surface area contributed by atoms with Gasteiger partial charge in [-0.25, -0.2) is 0 Å². The van der Waals surface area contributed by atoms with E-state index in [1.165, 1.54) is 37.8 Å². The molecule has 0 saturated heterocycles. The van der Waals surface area contributed by atoms with E-state index >= 15 is 0 Å². The quantitative estimate of drug-likeness (QED) is 0.158. The molecule has 126 valence electrons. The summed E-state index contributed by atoms with van der Waals surface area (Å²) in [5.74, 6) is 0.955. The molecule has 1 rings (SSSR count). The second kappa shape index (κ2) is 10.7. The molecule has 2 unspecified atom stereocenters. The van der Waals surface area contributed by atoms with Crippen LogP contribution in [0.2, 0.25) is 0 Å². The Labute approximate surface area is 139 Å². The van der Waals surface area contributed by atoms with Crippen molar-refractivity contribution in [2.24, 2.45) is 22.2 Å². The van der Waals surface area contributed by atoms with Gasteiger partial charge in [0, 0.05) is 18.8 Å². The highest BCUT2D eigenvalue weighted by atomic mass is 32.2. The molecule has 0 spiro atoms. The molecule has 1 fully saturated rings. The fourth-order valence-corrected chi connectivity index (χ4v) is 3.04. The van der Waals surface area contributed by atoms with Gasteiger partial charge in [0.2, 0.25) is 0 Å². The van der Waals surface area contributed by atoms with Gasteiger partial charge in [-0.15, -0.1) is 0 Å². The number of unbranched alkanes of at least 4 members (excludes halogenated alkanes) is 1. The van der Waals surface area contributed by atoms with Gasteiger partial charge in [0.25, 0.3) is 0 Å². The number of oxime groups is 1. The summed E-state index contributed by atoms with van der Waals surface area (Å²) in [5, 5.41) is 3.23. The van der Waals surface area contributed by atoms with Crippen LogP contribution in [0.15, 0.2) is 29.1 Å². The van der Waals surface area contributed by atoms with E-state index in [4.69, 9.17) is 5.73 Å². The lowest BCUT2D eigenvalue weighted by Gasteiger charge is -2.07. The van der Waals surface area contributed by atoms with Gasteiger partial charge in [0.15, 0.2) is 0 Å². The van der Waals surface area contributed by atoms with E-state index in [9.17, 15) is 0 Å². The summed E-state index contributed by atoms with van der Waals surface area (Å²) >= 11 is 1.19. The molecule has 0 heterocycles. The van der Waals surface area contributed by atoms with Crippen molar-refractivity contribution >= 4 is 18.9 Å². The first-order valence-electron chi connectivity index (χ1n) is 8.01. The number of allylic oxidation sites excluding steroid dienone is 3. The zero-order valence-electron chi connectivity index (χ0n) is 13.8. The van der Waals surface area contributed by atoms with Gasteiger partial charge in [0.05, 0.1) is 12.1 Å². The van der Waals surface area contributed by atoms with Crippen molar-refractivity contribution < 1.29 is 4.94 Å². The third-order valence-corrected chi connectivity index (χ3v) is 4.96. The van der Waals surface area contributed by atoms with E-state index in [0.29, 0.717) is 12.0 Å². The Bertz CT molecular complexity index is 386. The van der Waals surface area contributed by atoms with Crippen molar-refractivity contribution in [3.8, 4) is 0 Å². The van der Waals surface area contributed by atoms with E-state index in [1.54, 1.807) is 0 Å². The van der Waals surface area contributed by atoms with Gasteiger partial charge in [-0.3, -0.25) is 4.94 Å². The predicted molar refractivity (Wildman–Crippen MR) is 95.7 cm³/mol. The van der Waals surface area contributed by atoms with Gasteiger partial charge in [-0.1, -0.05) is 42.5 Å². The molecule has 22 heavy (non-hydrogen) atoms. The van der Waals surface area contributed by atoms with Crippen molar-refractivity contribution in [3.63, 3.8) is 0 Å². The lowest BCUT2D eigenvalue weighted by Crippen LogP contribution is -2.14. The van der Waals surface area contributed by atoms with Crippen molar-refractivity contribution in [1.29, 1.82) is 0 Å². The summed E-state index contributed by atoms with van der Waals surface area (Å²) in [4.78, 5) is 7.10. The van der Waals surface area contributed by atoms with Gasteiger partial charge >= 0.3 is 0 Å². The highest BCUT2D eigenvalue weighted by Gasteiger charge is 2.46. The van der Waals surface area contributed by atoms with Crippen molar-refractivity contribution in [2.75, 3.05) is 6.54 Å². The molecule has 5 nitrogen and oxygen atoms in total. The van der Waals surface area contributed by atoms with Gasteiger partial charge in [0.1, 0.15) is 0 Å². The summed E-state index contributed by atoms with van der Waals surface area (Å²) < 4.78 is 3.12. The minimum absolute atomic E-state index is 0.602. The van der Waals surface area contributed by atoms with E-state index in [-0.39, 0.29) is 0 Å². The molecule has 0 radical (unpaired) electrons. The lowest BCUT2D eigenvalue weighted by atomic mass is 10.0. The Morgan fingerprint density at radius 3 is 3.05 bits per heavy atom. The van der Waals surface area contributed by atoms with E-state index in [1.807, 2.05) is 0 Å². The summed E-state index contributed by atoms with van der Waals surface area (Å²) in [6, 6.07) is 0. The first-order valence-corrected chi connectivity index (χ1v) is 8.82. The molecule has 1 aliphatic carbocycles. The van der Waals surface area contributed by atoms with Crippen LogP contribution in [0, 0.1) is 11.3 Å². The van der Waals surface area contributed by atoms with E-state index in [2.05, 4.69) is 58.5 Å². The smallest absolute Gasteiger partial charge is 0.0737 e. The van der Waals surface area contributed by atoms with Crippen molar-refractivity contribution in [1.82, 2.24) is 9.61 Å². The van der Waals surface area contributed by atoms with Crippen molar-refractivity contribution in [3.05, 3.63) is 23.9 Å². The van der Waals surface area contributed by atoms with Gasteiger partial charge in [-0.2, -0.15) is 0 Å². The largest absolute Gasteiger partial charge is 0.330 e. The Kier molecular flexibility index (Phi) is 9.27. The van der Waals surface area contributed by atoms with Gasteiger partial charge in [-0.05, 0) is 49.6 Å². The normalized spacial score (nSPS) is 24.5. The van der Waals surface area contributed by atoms with Crippen LogP contribution in [0.3, 0.4) is 0 Å². The minimum atomic E-state index is 0.602. The first-order chi connectivity index (χ1) is 10.7. The molecule has 1 aliphatic rings. The summed E-state index contributed by atoms with van der Waals surface area (Å²) in [7, 11) is 0.